The van der Waals surface area contributed by atoms with Crippen LogP contribution >= 0.6 is 0 Å². The number of carbonyl (C=O) groups is 2. The van der Waals surface area contributed by atoms with Crippen molar-refractivity contribution in [3.63, 3.8) is 0 Å². The SMILES string of the molecule is CC(C)(C)C(=O)c1cccc(C=O)n1. The molecule has 0 amide bonds. The third kappa shape index (κ3) is 2.25. The fourth-order valence-corrected chi connectivity index (χ4v) is 1.03. The number of ketones is 1. The van der Waals surface area contributed by atoms with Gasteiger partial charge in [-0.15, -0.1) is 0 Å². The number of nitrogens with zero attached hydrogens (tertiary/aromatic N) is 1. The molecule has 0 N–H and O–H groups in total. The van der Waals surface area contributed by atoms with Crippen molar-refractivity contribution in [3.05, 3.63) is 29.6 Å². The summed E-state index contributed by atoms with van der Waals surface area (Å²) in [4.78, 5) is 26.2. The molecule has 0 saturated heterocycles. The normalized spacial score (nSPS) is 11.1. The second kappa shape index (κ2) is 3.70. The summed E-state index contributed by atoms with van der Waals surface area (Å²) in [5.74, 6) is -0.0544. The van der Waals surface area contributed by atoms with Crippen LogP contribution in [0, 0.1) is 5.41 Å². The minimum atomic E-state index is -0.464. The molecule has 1 aromatic rings. The van der Waals surface area contributed by atoms with Crippen LogP contribution in [-0.2, 0) is 0 Å². The highest BCUT2D eigenvalue weighted by molar-refractivity contribution is 5.98. The summed E-state index contributed by atoms with van der Waals surface area (Å²) in [7, 11) is 0. The average molecular weight is 191 g/mol. The molecule has 1 aromatic heterocycles. The minimum Gasteiger partial charge on any atom is -0.296 e. The topological polar surface area (TPSA) is 47.0 Å². The van der Waals surface area contributed by atoms with Crippen molar-refractivity contribution in [2.24, 2.45) is 5.41 Å². The lowest BCUT2D eigenvalue weighted by molar-refractivity contribution is 0.0853. The monoisotopic (exact) mass is 191 g/mol. The third-order valence-corrected chi connectivity index (χ3v) is 1.81. The summed E-state index contributed by atoms with van der Waals surface area (Å²) in [6.45, 7) is 5.47. The van der Waals surface area contributed by atoms with Crippen molar-refractivity contribution in [1.29, 1.82) is 0 Å². The van der Waals surface area contributed by atoms with Crippen LogP contribution in [0.15, 0.2) is 18.2 Å². The highest BCUT2D eigenvalue weighted by atomic mass is 16.1. The Hall–Kier alpha value is -1.51. The lowest BCUT2D eigenvalue weighted by Crippen LogP contribution is -2.21. The molecule has 0 bridgehead atoms. The molecular formula is C11H13NO2. The molecule has 0 saturated carbocycles. The highest BCUT2D eigenvalue weighted by Crippen LogP contribution is 2.19. The number of rotatable bonds is 2. The second-order valence-electron chi connectivity index (χ2n) is 4.14. The van der Waals surface area contributed by atoms with Gasteiger partial charge in [-0.3, -0.25) is 9.59 Å². The van der Waals surface area contributed by atoms with Crippen LogP contribution in [0.5, 0.6) is 0 Å². The van der Waals surface area contributed by atoms with Crippen LogP contribution in [0.3, 0.4) is 0 Å². The van der Waals surface area contributed by atoms with Crippen molar-refractivity contribution < 1.29 is 9.59 Å². The molecule has 0 spiro atoms. The molecule has 1 rings (SSSR count). The van der Waals surface area contributed by atoms with Gasteiger partial charge in [-0.05, 0) is 12.1 Å². The molecule has 0 aliphatic carbocycles. The van der Waals surface area contributed by atoms with Gasteiger partial charge in [0.1, 0.15) is 11.4 Å². The van der Waals surface area contributed by atoms with Crippen LogP contribution in [0.2, 0.25) is 0 Å². The first-order valence-electron chi connectivity index (χ1n) is 4.42. The fraction of sp³-hybridized carbons (Fsp3) is 0.364. The molecule has 0 aromatic carbocycles. The quantitative estimate of drug-likeness (QED) is 0.531. The summed E-state index contributed by atoms with van der Waals surface area (Å²) in [6.07, 6.45) is 0.638. The van der Waals surface area contributed by atoms with E-state index in [2.05, 4.69) is 4.98 Å². The smallest absolute Gasteiger partial charge is 0.186 e. The molecule has 0 atom stereocenters. The second-order valence-corrected chi connectivity index (χ2v) is 4.14. The number of aromatic nitrogens is 1. The Bertz CT molecular complexity index is 364. The Morgan fingerprint density at radius 1 is 1.36 bits per heavy atom. The molecule has 0 fully saturated rings. The van der Waals surface area contributed by atoms with Gasteiger partial charge in [0.15, 0.2) is 12.1 Å². The molecule has 14 heavy (non-hydrogen) atoms. The van der Waals surface area contributed by atoms with Crippen molar-refractivity contribution in [3.8, 4) is 0 Å². The molecule has 0 aliphatic heterocycles. The molecule has 3 heteroatoms. The molecule has 1 heterocycles. The number of pyridine rings is 1. The van der Waals surface area contributed by atoms with E-state index in [1.54, 1.807) is 18.2 Å². The maximum atomic E-state index is 11.8. The largest absolute Gasteiger partial charge is 0.296 e. The number of Topliss-reactive ketones (excluding diaryl/α,β-unsaturated/α-hetero) is 1. The maximum Gasteiger partial charge on any atom is 0.186 e. The van der Waals surface area contributed by atoms with E-state index in [1.165, 1.54) is 0 Å². The van der Waals surface area contributed by atoms with Gasteiger partial charge in [-0.2, -0.15) is 0 Å². The summed E-state index contributed by atoms with van der Waals surface area (Å²) in [5.41, 5.74) is 0.177. The Balaban J connectivity index is 3.08. The van der Waals surface area contributed by atoms with Crippen LogP contribution in [0.25, 0.3) is 0 Å². The average Bonchev–Trinajstić information content (AvgIpc) is 2.15. The van der Waals surface area contributed by atoms with E-state index in [0.29, 0.717) is 17.7 Å². The number of hydrogen-bond acceptors (Lipinski definition) is 3. The lowest BCUT2D eigenvalue weighted by Gasteiger charge is -2.15. The molecule has 3 nitrogen and oxygen atoms in total. The first-order valence-corrected chi connectivity index (χ1v) is 4.42. The molecule has 0 unspecified atom stereocenters. The van der Waals surface area contributed by atoms with Crippen LogP contribution in [0.4, 0.5) is 0 Å². The van der Waals surface area contributed by atoms with E-state index in [1.807, 2.05) is 20.8 Å². The maximum absolute atomic E-state index is 11.8. The number of aldehydes is 1. The number of carbonyl (C=O) groups excluding carboxylic acids is 2. The summed E-state index contributed by atoms with van der Waals surface area (Å²) in [5, 5.41) is 0. The van der Waals surface area contributed by atoms with Gasteiger partial charge in [0, 0.05) is 5.41 Å². The van der Waals surface area contributed by atoms with Crippen molar-refractivity contribution >= 4 is 12.1 Å². The zero-order valence-electron chi connectivity index (χ0n) is 8.57. The fourth-order valence-electron chi connectivity index (χ4n) is 1.03. The van der Waals surface area contributed by atoms with Gasteiger partial charge in [-0.1, -0.05) is 26.8 Å². The van der Waals surface area contributed by atoms with Gasteiger partial charge in [0.2, 0.25) is 0 Å². The van der Waals surface area contributed by atoms with Crippen molar-refractivity contribution in [2.75, 3.05) is 0 Å². The van der Waals surface area contributed by atoms with Crippen LogP contribution < -0.4 is 0 Å². The van der Waals surface area contributed by atoms with E-state index in [0.717, 1.165) is 0 Å². The Kier molecular flexibility index (Phi) is 2.79. The zero-order valence-corrected chi connectivity index (χ0v) is 8.57. The Labute approximate surface area is 83.2 Å². The third-order valence-electron chi connectivity index (χ3n) is 1.81. The first-order chi connectivity index (χ1) is 6.45. The highest BCUT2D eigenvalue weighted by Gasteiger charge is 2.23. The van der Waals surface area contributed by atoms with Crippen molar-refractivity contribution in [2.45, 2.75) is 20.8 Å². The molecule has 0 radical (unpaired) electrons. The van der Waals surface area contributed by atoms with Crippen LogP contribution in [0.1, 0.15) is 41.7 Å². The Morgan fingerprint density at radius 2 is 2.00 bits per heavy atom. The predicted octanol–water partition coefficient (Wildman–Crippen LogP) is 2.12. The molecule has 0 aliphatic rings. The van der Waals surface area contributed by atoms with Crippen LogP contribution in [-0.4, -0.2) is 17.1 Å². The summed E-state index contributed by atoms with van der Waals surface area (Å²) < 4.78 is 0. The first kappa shape index (κ1) is 10.6. The lowest BCUT2D eigenvalue weighted by atomic mass is 9.89. The van der Waals surface area contributed by atoms with Gasteiger partial charge < -0.3 is 0 Å². The summed E-state index contributed by atoms with van der Waals surface area (Å²) >= 11 is 0. The Morgan fingerprint density at radius 3 is 2.50 bits per heavy atom. The number of hydrogen-bond donors (Lipinski definition) is 0. The van der Waals surface area contributed by atoms with Crippen molar-refractivity contribution in [1.82, 2.24) is 4.98 Å². The van der Waals surface area contributed by atoms with Gasteiger partial charge in [0.05, 0.1) is 0 Å². The molecule has 74 valence electrons. The van der Waals surface area contributed by atoms with E-state index in [-0.39, 0.29) is 5.78 Å². The van der Waals surface area contributed by atoms with E-state index >= 15 is 0 Å². The predicted molar refractivity (Wildman–Crippen MR) is 53.4 cm³/mol. The van der Waals surface area contributed by atoms with Gasteiger partial charge >= 0.3 is 0 Å². The van der Waals surface area contributed by atoms with E-state index in [4.69, 9.17) is 0 Å². The molecular weight excluding hydrogens is 178 g/mol. The standard InChI is InChI=1S/C11H13NO2/c1-11(2,3)10(14)9-6-4-5-8(7-13)12-9/h4-7H,1-3H3. The van der Waals surface area contributed by atoms with Gasteiger partial charge in [-0.25, -0.2) is 4.98 Å². The minimum absolute atomic E-state index is 0.0544. The van der Waals surface area contributed by atoms with E-state index < -0.39 is 5.41 Å². The van der Waals surface area contributed by atoms with Gasteiger partial charge in [0.25, 0.3) is 0 Å². The van der Waals surface area contributed by atoms with E-state index in [9.17, 15) is 9.59 Å². The zero-order chi connectivity index (χ0) is 10.8. The summed E-state index contributed by atoms with van der Waals surface area (Å²) in [6, 6.07) is 4.86.